The fourth-order valence-corrected chi connectivity index (χ4v) is 2.44. The van der Waals surface area contributed by atoms with E-state index in [2.05, 4.69) is 15.9 Å². The first kappa shape index (κ1) is 10.2. The zero-order valence-electron chi connectivity index (χ0n) is 6.83. The summed E-state index contributed by atoms with van der Waals surface area (Å²) in [7, 11) is 0. The Hall–Kier alpha value is 0.1000. The molecule has 1 rings (SSSR count). The van der Waals surface area contributed by atoms with E-state index in [0.29, 0.717) is 6.54 Å². The van der Waals surface area contributed by atoms with Crippen LogP contribution in [0, 0.1) is 5.92 Å². The number of halogens is 1. The van der Waals surface area contributed by atoms with Crippen molar-refractivity contribution in [3.05, 3.63) is 20.8 Å². The van der Waals surface area contributed by atoms with Gasteiger partial charge in [-0.05, 0) is 40.5 Å². The molecule has 1 aromatic rings. The zero-order chi connectivity index (χ0) is 9.14. The van der Waals surface area contributed by atoms with Crippen LogP contribution >= 0.6 is 27.3 Å². The lowest BCUT2D eigenvalue weighted by molar-refractivity contribution is 0.125. The molecule has 0 aliphatic heterocycles. The lowest BCUT2D eigenvalue weighted by Crippen LogP contribution is -2.17. The van der Waals surface area contributed by atoms with E-state index in [0.717, 1.165) is 8.66 Å². The third-order valence-corrected chi connectivity index (χ3v) is 3.49. The number of aliphatic hydroxyl groups is 1. The van der Waals surface area contributed by atoms with Crippen LogP contribution in [0.3, 0.4) is 0 Å². The first-order chi connectivity index (χ1) is 5.65. The molecule has 2 nitrogen and oxygen atoms in total. The standard InChI is InChI=1S/C8H12BrNOS/c1-5(4-10)8(11)6-2-3-7(9)12-6/h2-3,5,8,11H,4,10H2,1H3. The van der Waals surface area contributed by atoms with Gasteiger partial charge in [-0.2, -0.15) is 0 Å². The molecule has 68 valence electrons. The van der Waals surface area contributed by atoms with Gasteiger partial charge in [-0.1, -0.05) is 6.92 Å². The number of rotatable bonds is 3. The van der Waals surface area contributed by atoms with Crippen LogP contribution in [0.2, 0.25) is 0 Å². The monoisotopic (exact) mass is 249 g/mol. The van der Waals surface area contributed by atoms with Crippen molar-refractivity contribution in [1.29, 1.82) is 0 Å². The molecule has 0 saturated carbocycles. The molecule has 12 heavy (non-hydrogen) atoms. The van der Waals surface area contributed by atoms with Gasteiger partial charge in [-0.15, -0.1) is 11.3 Å². The topological polar surface area (TPSA) is 46.2 Å². The smallest absolute Gasteiger partial charge is 0.0919 e. The van der Waals surface area contributed by atoms with Crippen LogP contribution in [0.5, 0.6) is 0 Å². The molecule has 2 unspecified atom stereocenters. The van der Waals surface area contributed by atoms with E-state index in [-0.39, 0.29) is 5.92 Å². The molecule has 0 amide bonds. The molecule has 2 atom stereocenters. The van der Waals surface area contributed by atoms with Gasteiger partial charge in [0.05, 0.1) is 9.89 Å². The molecule has 4 heteroatoms. The van der Waals surface area contributed by atoms with Crippen molar-refractivity contribution in [3.8, 4) is 0 Å². The average molecular weight is 250 g/mol. The molecule has 0 aliphatic carbocycles. The molecule has 0 bridgehead atoms. The second kappa shape index (κ2) is 4.37. The summed E-state index contributed by atoms with van der Waals surface area (Å²) < 4.78 is 1.04. The Morgan fingerprint density at radius 2 is 2.33 bits per heavy atom. The molecule has 0 saturated heterocycles. The minimum Gasteiger partial charge on any atom is -0.387 e. The molecule has 0 aromatic carbocycles. The molecule has 0 spiro atoms. The Morgan fingerprint density at radius 1 is 1.67 bits per heavy atom. The summed E-state index contributed by atoms with van der Waals surface area (Å²) in [6, 6.07) is 3.86. The van der Waals surface area contributed by atoms with Gasteiger partial charge < -0.3 is 10.8 Å². The van der Waals surface area contributed by atoms with Crippen LogP contribution in [-0.2, 0) is 0 Å². The molecule has 1 heterocycles. The van der Waals surface area contributed by atoms with Gasteiger partial charge >= 0.3 is 0 Å². The number of thiophene rings is 1. The van der Waals surface area contributed by atoms with Crippen LogP contribution in [0.4, 0.5) is 0 Å². The number of hydrogen-bond donors (Lipinski definition) is 2. The van der Waals surface area contributed by atoms with Crippen molar-refractivity contribution in [2.24, 2.45) is 11.7 Å². The van der Waals surface area contributed by atoms with Crippen LogP contribution < -0.4 is 5.73 Å². The van der Waals surface area contributed by atoms with Crippen LogP contribution in [0.25, 0.3) is 0 Å². The highest BCUT2D eigenvalue weighted by molar-refractivity contribution is 9.11. The predicted molar refractivity (Wildman–Crippen MR) is 55.2 cm³/mol. The maximum absolute atomic E-state index is 9.71. The van der Waals surface area contributed by atoms with Crippen LogP contribution in [-0.4, -0.2) is 11.7 Å². The summed E-state index contributed by atoms with van der Waals surface area (Å²) in [5.41, 5.74) is 5.45. The Kier molecular flexibility index (Phi) is 3.71. The van der Waals surface area contributed by atoms with Gasteiger partial charge in [0.2, 0.25) is 0 Å². The van der Waals surface area contributed by atoms with E-state index in [9.17, 15) is 5.11 Å². The average Bonchev–Trinajstić information content (AvgIpc) is 2.49. The minimum atomic E-state index is -0.425. The highest BCUT2D eigenvalue weighted by atomic mass is 79.9. The molecular formula is C8H12BrNOS. The van der Waals surface area contributed by atoms with Crippen LogP contribution in [0.15, 0.2) is 15.9 Å². The van der Waals surface area contributed by atoms with Crippen molar-refractivity contribution in [2.75, 3.05) is 6.54 Å². The van der Waals surface area contributed by atoms with E-state index >= 15 is 0 Å². The Balaban J connectivity index is 2.70. The van der Waals surface area contributed by atoms with Crippen molar-refractivity contribution in [3.63, 3.8) is 0 Å². The largest absolute Gasteiger partial charge is 0.387 e. The summed E-state index contributed by atoms with van der Waals surface area (Å²) in [4.78, 5) is 0.972. The third kappa shape index (κ3) is 2.29. The highest BCUT2D eigenvalue weighted by Gasteiger charge is 2.16. The van der Waals surface area contributed by atoms with Gasteiger partial charge in [-0.25, -0.2) is 0 Å². The molecular weight excluding hydrogens is 238 g/mol. The lowest BCUT2D eigenvalue weighted by Gasteiger charge is -2.14. The second-order valence-corrected chi connectivity index (χ2v) is 5.29. The van der Waals surface area contributed by atoms with Gasteiger partial charge in [0.1, 0.15) is 0 Å². The molecule has 0 fully saturated rings. The summed E-state index contributed by atoms with van der Waals surface area (Å²) in [6.07, 6.45) is -0.425. The van der Waals surface area contributed by atoms with E-state index in [4.69, 9.17) is 5.73 Å². The quantitative estimate of drug-likeness (QED) is 0.863. The number of aliphatic hydroxyl groups excluding tert-OH is 1. The Morgan fingerprint density at radius 3 is 2.75 bits per heavy atom. The maximum Gasteiger partial charge on any atom is 0.0919 e. The summed E-state index contributed by atoms with van der Waals surface area (Å²) in [5.74, 6) is 0.121. The second-order valence-electron chi connectivity index (χ2n) is 2.80. The molecule has 3 N–H and O–H groups in total. The Bertz CT molecular complexity index is 251. The summed E-state index contributed by atoms with van der Waals surface area (Å²) in [6.45, 7) is 2.45. The highest BCUT2D eigenvalue weighted by Crippen LogP contribution is 2.30. The minimum absolute atomic E-state index is 0.121. The molecule has 0 aliphatic rings. The normalized spacial score (nSPS) is 16.0. The van der Waals surface area contributed by atoms with E-state index in [1.807, 2.05) is 19.1 Å². The summed E-state index contributed by atoms with van der Waals surface area (Å²) in [5, 5.41) is 9.71. The van der Waals surface area contributed by atoms with Gasteiger partial charge in [0, 0.05) is 4.88 Å². The first-order valence-electron chi connectivity index (χ1n) is 3.78. The molecule has 1 aromatic heterocycles. The van der Waals surface area contributed by atoms with Crippen molar-refractivity contribution in [2.45, 2.75) is 13.0 Å². The van der Waals surface area contributed by atoms with Crippen molar-refractivity contribution >= 4 is 27.3 Å². The van der Waals surface area contributed by atoms with E-state index < -0.39 is 6.10 Å². The fourth-order valence-electron chi connectivity index (χ4n) is 0.897. The fraction of sp³-hybridized carbons (Fsp3) is 0.500. The van der Waals surface area contributed by atoms with Crippen molar-refractivity contribution in [1.82, 2.24) is 0 Å². The van der Waals surface area contributed by atoms with Gasteiger partial charge in [0.15, 0.2) is 0 Å². The predicted octanol–water partition coefficient (Wildman–Crippen LogP) is 2.14. The number of hydrogen-bond acceptors (Lipinski definition) is 3. The number of nitrogens with two attached hydrogens (primary N) is 1. The van der Waals surface area contributed by atoms with E-state index in [1.54, 1.807) is 11.3 Å². The zero-order valence-corrected chi connectivity index (χ0v) is 9.23. The lowest BCUT2D eigenvalue weighted by atomic mass is 10.0. The Labute approximate surface area is 84.5 Å². The van der Waals surface area contributed by atoms with Crippen molar-refractivity contribution < 1.29 is 5.11 Å². The summed E-state index contributed by atoms with van der Waals surface area (Å²) >= 11 is 4.90. The van der Waals surface area contributed by atoms with Gasteiger partial charge in [0.25, 0.3) is 0 Å². The SMILES string of the molecule is CC(CN)C(O)c1ccc(Br)s1. The van der Waals surface area contributed by atoms with Gasteiger partial charge in [-0.3, -0.25) is 0 Å². The van der Waals surface area contributed by atoms with Crippen LogP contribution in [0.1, 0.15) is 17.9 Å². The molecule has 0 radical (unpaired) electrons. The first-order valence-corrected chi connectivity index (χ1v) is 5.39. The third-order valence-electron chi connectivity index (χ3n) is 1.80. The van der Waals surface area contributed by atoms with E-state index in [1.165, 1.54) is 0 Å². The maximum atomic E-state index is 9.71.